The van der Waals surface area contributed by atoms with Crippen molar-refractivity contribution in [2.24, 2.45) is 10.9 Å². The van der Waals surface area contributed by atoms with Gasteiger partial charge in [-0.25, -0.2) is 9.98 Å². The van der Waals surface area contributed by atoms with E-state index in [1.54, 1.807) is 0 Å². The van der Waals surface area contributed by atoms with Crippen molar-refractivity contribution in [1.82, 2.24) is 15.6 Å². The fourth-order valence-electron chi connectivity index (χ4n) is 2.75. The van der Waals surface area contributed by atoms with Crippen molar-refractivity contribution < 1.29 is 4.74 Å². The highest BCUT2D eigenvalue weighted by Crippen LogP contribution is 2.16. The molecule has 2 heterocycles. The average molecular weight is 348 g/mol. The Bertz CT molecular complexity index is 546. The molecule has 140 valence electrons. The molecule has 0 aliphatic carbocycles. The summed E-state index contributed by atoms with van der Waals surface area (Å²) in [4.78, 5) is 11.5. The Labute approximate surface area is 152 Å². The minimum Gasteiger partial charge on any atom is -0.375 e. The van der Waals surface area contributed by atoms with Gasteiger partial charge in [0.05, 0.1) is 19.3 Å². The van der Waals surface area contributed by atoms with Crippen LogP contribution < -0.4 is 15.5 Å². The number of rotatable bonds is 7. The molecule has 0 saturated carbocycles. The quantitative estimate of drug-likeness (QED) is 0.586. The number of anilines is 1. The van der Waals surface area contributed by atoms with Crippen molar-refractivity contribution >= 4 is 11.8 Å². The van der Waals surface area contributed by atoms with Gasteiger partial charge in [0.15, 0.2) is 5.96 Å². The van der Waals surface area contributed by atoms with Gasteiger partial charge < -0.3 is 20.3 Å². The summed E-state index contributed by atoms with van der Waals surface area (Å²) in [5.74, 6) is 2.58. The second kappa shape index (κ2) is 10.2. The van der Waals surface area contributed by atoms with Crippen molar-refractivity contribution in [3.05, 3.63) is 23.9 Å². The largest absolute Gasteiger partial charge is 0.375 e. The standard InChI is InChI=1S/C19H33N5O/c1-5-20-19(22-8-6-15(2)3)23-13-17-7-9-21-18(12-17)24-10-11-25-16(4)14-24/h7,9,12,15-16H,5-6,8,10-11,13-14H2,1-4H3,(H2,20,22,23). The van der Waals surface area contributed by atoms with E-state index in [0.717, 1.165) is 51.0 Å². The van der Waals surface area contributed by atoms with E-state index in [2.05, 4.69) is 54.3 Å². The number of guanidine groups is 1. The number of hydrogen-bond donors (Lipinski definition) is 2. The van der Waals surface area contributed by atoms with Crippen molar-refractivity contribution in [3.63, 3.8) is 0 Å². The fraction of sp³-hybridized carbons (Fsp3) is 0.684. The Morgan fingerprint density at radius 1 is 1.44 bits per heavy atom. The van der Waals surface area contributed by atoms with Crippen molar-refractivity contribution in [1.29, 1.82) is 0 Å². The minimum absolute atomic E-state index is 0.253. The number of morpholine rings is 1. The first-order valence-electron chi connectivity index (χ1n) is 9.42. The van der Waals surface area contributed by atoms with Crippen LogP contribution in [0.1, 0.15) is 39.7 Å². The number of hydrogen-bond acceptors (Lipinski definition) is 4. The van der Waals surface area contributed by atoms with Gasteiger partial charge in [-0.3, -0.25) is 0 Å². The molecule has 2 N–H and O–H groups in total. The van der Waals surface area contributed by atoms with Crippen LogP contribution in [-0.2, 0) is 11.3 Å². The van der Waals surface area contributed by atoms with Crippen LogP contribution in [0.25, 0.3) is 0 Å². The highest BCUT2D eigenvalue weighted by molar-refractivity contribution is 5.79. The monoisotopic (exact) mass is 347 g/mol. The number of nitrogens with one attached hydrogen (secondary N) is 2. The van der Waals surface area contributed by atoms with Gasteiger partial charge in [0.1, 0.15) is 5.82 Å². The third-order valence-corrected chi connectivity index (χ3v) is 4.15. The van der Waals surface area contributed by atoms with Gasteiger partial charge in [-0.15, -0.1) is 0 Å². The van der Waals surface area contributed by atoms with Crippen LogP contribution in [0.4, 0.5) is 5.82 Å². The van der Waals surface area contributed by atoms with Crippen molar-refractivity contribution in [2.45, 2.75) is 46.8 Å². The smallest absolute Gasteiger partial charge is 0.191 e. The van der Waals surface area contributed by atoms with E-state index in [0.29, 0.717) is 12.5 Å². The molecule has 0 radical (unpaired) electrons. The second-order valence-corrected chi connectivity index (χ2v) is 6.95. The summed E-state index contributed by atoms with van der Waals surface area (Å²) in [5.41, 5.74) is 1.17. The van der Waals surface area contributed by atoms with Gasteiger partial charge >= 0.3 is 0 Å². The lowest BCUT2D eigenvalue weighted by molar-refractivity contribution is 0.0529. The first-order chi connectivity index (χ1) is 12.1. The summed E-state index contributed by atoms with van der Waals surface area (Å²) in [5, 5.41) is 6.71. The zero-order valence-electron chi connectivity index (χ0n) is 16.1. The highest BCUT2D eigenvalue weighted by atomic mass is 16.5. The Kier molecular flexibility index (Phi) is 7.98. The lowest BCUT2D eigenvalue weighted by Gasteiger charge is -2.32. The summed E-state index contributed by atoms with van der Waals surface area (Å²) in [6.07, 6.45) is 3.26. The van der Waals surface area contributed by atoms with E-state index < -0.39 is 0 Å². The Morgan fingerprint density at radius 3 is 3.00 bits per heavy atom. The number of aliphatic imine (C=N–C) groups is 1. The van der Waals surface area contributed by atoms with Crippen LogP contribution in [0, 0.1) is 5.92 Å². The van der Waals surface area contributed by atoms with Crippen LogP contribution in [0.15, 0.2) is 23.3 Å². The lowest BCUT2D eigenvalue weighted by Crippen LogP contribution is -2.41. The van der Waals surface area contributed by atoms with Crippen molar-refractivity contribution in [2.75, 3.05) is 37.7 Å². The van der Waals surface area contributed by atoms with Gasteiger partial charge in [0, 0.05) is 32.4 Å². The van der Waals surface area contributed by atoms with Gasteiger partial charge in [0.25, 0.3) is 0 Å². The maximum atomic E-state index is 5.61. The van der Waals surface area contributed by atoms with Gasteiger partial charge in [-0.05, 0) is 43.9 Å². The van der Waals surface area contributed by atoms with Crippen molar-refractivity contribution in [3.8, 4) is 0 Å². The maximum Gasteiger partial charge on any atom is 0.191 e. The lowest BCUT2D eigenvalue weighted by atomic mass is 10.1. The molecule has 0 bridgehead atoms. The van der Waals surface area contributed by atoms with E-state index in [-0.39, 0.29) is 6.10 Å². The molecule has 1 fully saturated rings. The molecule has 1 aromatic heterocycles. The number of nitrogens with zero attached hydrogens (tertiary/aromatic N) is 3. The van der Waals surface area contributed by atoms with Crippen LogP contribution in [-0.4, -0.2) is 49.8 Å². The van der Waals surface area contributed by atoms with Gasteiger partial charge in [0.2, 0.25) is 0 Å². The molecule has 25 heavy (non-hydrogen) atoms. The predicted molar refractivity (Wildman–Crippen MR) is 104 cm³/mol. The summed E-state index contributed by atoms with van der Waals surface area (Å²) < 4.78 is 5.61. The Morgan fingerprint density at radius 2 is 2.28 bits per heavy atom. The molecule has 1 aliphatic heterocycles. The zero-order valence-corrected chi connectivity index (χ0v) is 16.1. The Balaban J connectivity index is 1.96. The SMILES string of the molecule is CCNC(=NCc1ccnc(N2CCOC(C)C2)c1)NCCC(C)C. The van der Waals surface area contributed by atoms with E-state index in [1.165, 1.54) is 5.56 Å². The first-order valence-corrected chi connectivity index (χ1v) is 9.42. The molecule has 6 nitrogen and oxygen atoms in total. The van der Waals surface area contributed by atoms with Crippen LogP contribution in [0.3, 0.4) is 0 Å². The summed E-state index contributed by atoms with van der Waals surface area (Å²) in [7, 11) is 0. The Hall–Kier alpha value is -1.82. The molecular weight excluding hydrogens is 314 g/mol. The molecule has 0 amide bonds. The van der Waals surface area contributed by atoms with E-state index in [9.17, 15) is 0 Å². The molecule has 1 aromatic rings. The molecular formula is C19H33N5O. The van der Waals surface area contributed by atoms with Gasteiger partial charge in [-0.1, -0.05) is 13.8 Å². The number of ether oxygens (including phenoxy) is 1. The average Bonchev–Trinajstić information content (AvgIpc) is 2.59. The second-order valence-electron chi connectivity index (χ2n) is 6.95. The highest BCUT2D eigenvalue weighted by Gasteiger charge is 2.17. The summed E-state index contributed by atoms with van der Waals surface area (Å²) in [6, 6.07) is 4.17. The third kappa shape index (κ3) is 6.90. The predicted octanol–water partition coefficient (Wildman–Crippen LogP) is 2.41. The molecule has 1 aliphatic rings. The summed E-state index contributed by atoms with van der Waals surface area (Å²) in [6.45, 7) is 13.6. The number of aromatic nitrogens is 1. The fourth-order valence-corrected chi connectivity index (χ4v) is 2.75. The zero-order chi connectivity index (χ0) is 18.1. The van der Waals surface area contributed by atoms with E-state index >= 15 is 0 Å². The van der Waals surface area contributed by atoms with E-state index in [4.69, 9.17) is 9.73 Å². The van der Waals surface area contributed by atoms with E-state index in [1.807, 2.05) is 12.3 Å². The third-order valence-electron chi connectivity index (χ3n) is 4.15. The topological polar surface area (TPSA) is 61.8 Å². The molecule has 6 heteroatoms. The van der Waals surface area contributed by atoms with Gasteiger partial charge in [-0.2, -0.15) is 0 Å². The molecule has 1 unspecified atom stereocenters. The minimum atomic E-state index is 0.253. The summed E-state index contributed by atoms with van der Waals surface area (Å²) >= 11 is 0. The molecule has 1 saturated heterocycles. The maximum absolute atomic E-state index is 5.61. The molecule has 2 rings (SSSR count). The van der Waals surface area contributed by atoms with Crippen LogP contribution in [0.2, 0.25) is 0 Å². The first kappa shape index (κ1) is 19.5. The van der Waals surface area contributed by atoms with Crippen LogP contribution in [0.5, 0.6) is 0 Å². The molecule has 0 spiro atoms. The normalized spacial score (nSPS) is 18.5. The molecule has 1 atom stereocenters. The number of pyridine rings is 1. The molecule has 0 aromatic carbocycles. The van der Waals surface area contributed by atoms with Crippen LogP contribution >= 0.6 is 0 Å².